The average Bonchev–Trinajstić information content (AvgIpc) is 2.58. The molecule has 0 aromatic heterocycles. The Morgan fingerprint density at radius 1 is 1.08 bits per heavy atom. The Bertz CT molecular complexity index is 509. The van der Waals surface area contributed by atoms with Crippen LogP contribution in [0.15, 0.2) is 24.3 Å². The second kappa shape index (κ2) is 8.72. The number of benzene rings is 1. The molecule has 1 fully saturated rings. The third-order valence-electron chi connectivity index (χ3n) is 3.83. The predicted octanol–water partition coefficient (Wildman–Crippen LogP) is -1.45. The zero-order valence-electron chi connectivity index (χ0n) is 13.4. The molecule has 136 valence electrons. The third kappa shape index (κ3) is 4.64. The van der Waals surface area contributed by atoms with Gasteiger partial charge in [0.2, 0.25) is 0 Å². The lowest BCUT2D eigenvalue weighted by atomic mass is 9.99. The van der Waals surface area contributed by atoms with Crippen molar-refractivity contribution in [2.24, 2.45) is 0 Å². The first-order chi connectivity index (χ1) is 11.4. The van der Waals surface area contributed by atoms with Crippen LogP contribution in [-0.4, -0.2) is 82.2 Å². The molecule has 0 spiro atoms. The highest BCUT2D eigenvalue weighted by atomic mass is 16.7. The third-order valence-corrected chi connectivity index (χ3v) is 3.83. The molecule has 6 atom stereocenters. The highest BCUT2D eigenvalue weighted by molar-refractivity contribution is 5.31. The van der Waals surface area contributed by atoms with Crippen LogP contribution in [0.25, 0.3) is 0 Å². The number of aryl methyl sites for hydroxylation is 1. The summed E-state index contributed by atoms with van der Waals surface area (Å²) in [5.74, 6) is 0.643. The van der Waals surface area contributed by atoms with E-state index in [2.05, 4.69) is 0 Å². The van der Waals surface area contributed by atoms with Gasteiger partial charge in [0.25, 0.3) is 0 Å². The Labute approximate surface area is 139 Å². The molecule has 1 heterocycles. The minimum absolute atomic E-state index is 0.0255. The molecule has 1 saturated heterocycles. The number of aliphatic hydroxyl groups is 5. The highest BCUT2D eigenvalue weighted by Gasteiger charge is 2.44. The molecule has 8 heteroatoms. The van der Waals surface area contributed by atoms with Crippen LogP contribution in [-0.2, 0) is 9.47 Å². The summed E-state index contributed by atoms with van der Waals surface area (Å²) in [5, 5.41) is 48.2. The Balaban J connectivity index is 1.80. The minimum Gasteiger partial charge on any atom is -0.491 e. The van der Waals surface area contributed by atoms with Crippen molar-refractivity contribution in [3.63, 3.8) is 0 Å². The summed E-state index contributed by atoms with van der Waals surface area (Å²) in [6.45, 7) is 1.10. The van der Waals surface area contributed by atoms with Gasteiger partial charge in [-0.15, -0.1) is 0 Å². The van der Waals surface area contributed by atoms with E-state index in [4.69, 9.17) is 19.3 Å². The SMILES string of the molecule is Cc1ccccc1OCC(O)COC1O[C@H](CO)[C@@H](O)[C@H](O)[C@H]1O. The van der Waals surface area contributed by atoms with Gasteiger partial charge in [-0.25, -0.2) is 0 Å². The van der Waals surface area contributed by atoms with Crippen LogP contribution in [0.2, 0.25) is 0 Å². The second-order valence-corrected chi connectivity index (χ2v) is 5.76. The summed E-state index contributed by atoms with van der Waals surface area (Å²) in [4.78, 5) is 0. The largest absolute Gasteiger partial charge is 0.491 e. The van der Waals surface area contributed by atoms with Crippen molar-refractivity contribution in [3.05, 3.63) is 29.8 Å². The Kier molecular flexibility index (Phi) is 6.93. The van der Waals surface area contributed by atoms with Crippen molar-refractivity contribution in [1.82, 2.24) is 0 Å². The quantitative estimate of drug-likeness (QED) is 0.406. The maximum atomic E-state index is 9.91. The number of para-hydroxylation sites is 1. The number of aliphatic hydroxyl groups excluding tert-OH is 5. The molecule has 24 heavy (non-hydrogen) atoms. The minimum atomic E-state index is -1.51. The van der Waals surface area contributed by atoms with E-state index in [0.717, 1.165) is 5.56 Å². The normalized spacial score (nSPS) is 31.7. The molecule has 0 amide bonds. The van der Waals surface area contributed by atoms with E-state index in [-0.39, 0.29) is 13.2 Å². The van der Waals surface area contributed by atoms with Gasteiger partial charge >= 0.3 is 0 Å². The predicted molar refractivity (Wildman–Crippen MR) is 82.4 cm³/mol. The maximum Gasteiger partial charge on any atom is 0.186 e. The molecular weight excluding hydrogens is 320 g/mol. The second-order valence-electron chi connectivity index (χ2n) is 5.76. The molecule has 1 aromatic carbocycles. The summed E-state index contributed by atoms with van der Waals surface area (Å²) in [6.07, 6.45) is -7.76. The molecule has 8 nitrogen and oxygen atoms in total. The zero-order chi connectivity index (χ0) is 17.7. The van der Waals surface area contributed by atoms with Crippen LogP contribution in [0.3, 0.4) is 0 Å². The van der Waals surface area contributed by atoms with E-state index in [0.29, 0.717) is 5.75 Å². The summed E-state index contributed by atoms with van der Waals surface area (Å²) in [6, 6.07) is 7.35. The molecule has 0 bridgehead atoms. The number of hydrogen-bond acceptors (Lipinski definition) is 8. The Morgan fingerprint density at radius 3 is 2.46 bits per heavy atom. The first-order valence-corrected chi connectivity index (χ1v) is 7.72. The lowest BCUT2D eigenvalue weighted by Gasteiger charge is -2.39. The van der Waals surface area contributed by atoms with Crippen molar-refractivity contribution in [2.75, 3.05) is 19.8 Å². The van der Waals surface area contributed by atoms with Gasteiger partial charge in [-0.1, -0.05) is 18.2 Å². The molecule has 1 aliphatic heterocycles. The van der Waals surface area contributed by atoms with Gasteiger partial charge in [0, 0.05) is 0 Å². The van der Waals surface area contributed by atoms with Crippen molar-refractivity contribution >= 4 is 0 Å². The number of rotatable bonds is 7. The Morgan fingerprint density at radius 2 is 1.79 bits per heavy atom. The van der Waals surface area contributed by atoms with E-state index in [9.17, 15) is 20.4 Å². The highest BCUT2D eigenvalue weighted by Crippen LogP contribution is 2.22. The maximum absolute atomic E-state index is 9.91. The van der Waals surface area contributed by atoms with Crippen molar-refractivity contribution in [3.8, 4) is 5.75 Å². The first kappa shape index (κ1) is 19.1. The van der Waals surface area contributed by atoms with E-state index in [1.807, 2.05) is 25.1 Å². The van der Waals surface area contributed by atoms with Crippen molar-refractivity contribution < 1.29 is 39.7 Å². The summed E-state index contributed by atoms with van der Waals surface area (Å²) in [7, 11) is 0. The van der Waals surface area contributed by atoms with E-state index >= 15 is 0 Å². The van der Waals surface area contributed by atoms with Crippen LogP contribution in [0, 0.1) is 6.92 Å². The van der Waals surface area contributed by atoms with Gasteiger partial charge < -0.3 is 39.7 Å². The van der Waals surface area contributed by atoms with Gasteiger partial charge in [0.05, 0.1) is 13.2 Å². The van der Waals surface area contributed by atoms with Crippen LogP contribution in [0.5, 0.6) is 5.75 Å². The van der Waals surface area contributed by atoms with Crippen LogP contribution < -0.4 is 4.74 Å². The fraction of sp³-hybridized carbons (Fsp3) is 0.625. The fourth-order valence-corrected chi connectivity index (χ4v) is 2.36. The summed E-state index contributed by atoms with van der Waals surface area (Å²) in [5.41, 5.74) is 0.930. The number of hydrogen-bond donors (Lipinski definition) is 5. The van der Waals surface area contributed by atoms with Gasteiger partial charge in [0.1, 0.15) is 42.9 Å². The van der Waals surface area contributed by atoms with Gasteiger partial charge in [-0.3, -0.25) is 0 Å². The monoisotopic (exact) mass is 344 g/mol. The van der Waals surface area contributed by atoms with Gasteiger partial charge in [-0.2, -0.15) is 0 Å². The van der Waals surface area contributed by atoms with Crippen LogP contribution in [0.1, 0.15) is 5.56 Å². The zero-order valence-corrected chi connectivity index (χ0v) is 13.4. The molecule has 0 radical (unpaired) electrons. The fourth-order valence-electron chi connectivity index (χ4n) is 2.36. The molecule has 0 saturated carbocycles. The molecule has 2 rings (SSSR count). The summed E-state index contributed by atoms with van der Waals surface area (Å²) >= 11 is 0. The number of ether oxygens (including phenoxy) is 3. The van der Waals surface area contributed by atoms with Gasteiger partial charge in [0.15, 0.2) is 6.29 Å². The van der Waals surface area contributed by atoms with Crippen molar-refractivity contribution in [1.29, 1.82) is 0 Å². The molecular formula is C16H24O8. The Hall–Kier alpha value is -1.26. The van der Waals surface area contributed by atoms with E-state index in [1.165, 1.54) is 0 Å². The van der Waals surface area contributed by atoms with E-state index < -0.39 is 43.4 Å². The summed E-state index contributed by atoms with van der Waals surface area (Å²) < 4.78 is 15.9. The molecule has 2 unspecified atom stereocenters. The molecule has 0 aliphatic carbocycles. The molecule has 1 aliphatic rings. The standard InChI is InChI=1S/C16H24O8/c1-9-4-2-3-5-11(9)22-7-10(18)8-23-16-15(21)14(20)13(19)12(6-17)24-16/h2-5,10,12-21H,6-8H2,1H3/t10?,12-,13-,14+,15-,16?/m1/s1. The first-order valence-electron chi connectivity index (χ1n) is 7.72. The lowest BCUT2D eigenvalue weighted by Crippen LogP contribution is -2.59. The lowest BCUT2D eigenvalue weighted by molar-refractivity contribution is -0.304. The topological polar surface area (TPSA) is 129 Å². The molecule has 1 aromatic rings. The van der Waals surface area contributed by atoms with Gasteiger partial charge in [-0.05, 0) is 18.6 Å². The van der Waals surface area contributed by atoms with Crippen molar-refractivity contribution in [2.45, 2.75) is 43.7 Å². The van der Waals surface area contributed by atoms with Crippen LogP contribution in [0.4, 0.5) is 0 Å². The molecule has 5 N–H and O–H groups in total. The van der Waals surface area contributed by atoms with E-state index in [1.54, 1.807) is 6.07 Å². The van der Waals surface area contributed by atoms with Crippen LogP contribution >= 0.6 is 0 Å². The average molecular weight is 344 g/mol. The smallest absolute Gasteiger partial charge is 0.186 e.